The third-order valence-electron chi connectivity index (χ3n) is 3.03. The Kier molecular flexibility index (Phi) is 5.49. The van der Waals surface area contributed by atoms with E-state index in [-0.39, 0.29) is 0 Å². The summed E-state index contributed by atoms with van der Waals surface area (Å²) in [7, 11) is 0. The second-order valence-corrected chi connectivity index (χ2v) is 4.42. The SMILES string of the molecule is CCCCCCCCCC1(O)CCO1. The molecule has 1 atom stereocenters. The number of hydrogen-bond donors (Lipinski definition) is 1. The summed E-state index contributed by atoms with van der Waals surface area (Å²) in [5.74, 6) is -0.733. The normalized spacial score (nSPS) is 26.1. The van der Waals surface area contributed by atoms with Crippen LogP contribution in [-0.4, -0.2) is 17.5 Å². The standard InChI is InChI=1S/C12H24O2/c1-2-3-4-5-6-7-8-9-12(13)10-11-14-12/h13H,2-11H2,1H3. The first-order valence-corrected chi connectivity index (χ1v) is 6.13. The Labute approximate surface area is 87.7 Å². The van der Waals surface area contributed by atoms with Gasteiger partial charge in [-0.1, -0.05) is 45.4 Å². The van der Waals surface area contributed by atoms with E-state index >= 15 is 0 Å². The molecule has 2 heteroatoms. The molecule has 0 aromatic rings. The minimum absolute atomic E-state index is 0.733. The smallest absolute Gasteiger partial charge is 0.167 e. The van der Waals surface area contributed by atoms with Gasteiger partial charge in [0.05, 0.1) is 6.61 Å². The van der Waals surface area contributed by atoms with Gasteiger partial charge in [-0.15, -0.1) is 0 Å². The van der Waals surface area contributed by atoms with Crippen LogP contribution >= 0.6 is 0 Å². The van der Waals surface area contributed by atoms with Crippen LogP contribution < -0.4 is 0 Å². The van der Waals surface area contributed by atoms with Gasteiger partial charge in [0.25, 0.3) is 0 Å². The highest BCUT2D eigenvalue weighted by Crippen LogP contribution is 2.28. The van der Waals surface area contributed by atoms with Crippen molar-refractivity contribution in [3.05, 3.63) is 0 Å². The van der Waals surface area contributed by atoms with Crippen LogP contribution in [0.15, 0.2) is 0 Å². The topological polar surface area (TPSA) is 29.5 Å². The third-order valence-corrected chi connectivity index (χ3v) is 3.03. The lowest BCUT2D eigenvalue weighted by Gasteiger charge is -2.36. The molecule has 0 spiro atoms. The molecule has 0 amide bonds. The van der Waals surface area contributed by atoms with Crippen LogP contribution in [0.1, 0.15) is 64.7 Å². The van der Waals surface area contributed by atoms with Crippen LogP contribution in [0.3, 0.4) is 0 Å². The zero-order valence-corrected chi connectivity index (χ0v) is 9.43. The lowest BCUT2D eigenvalue weighted by Crippen LogP contribution is -2.43. The van der Waals surface area contributed by atoms with Crippen molar-refractivity contribution in [1.82, 2.24) is 0 Å². The first kappa shape index (κ1) is 12.0. The molecule has 0 aromatic heterocycles. The minimum Gasteiger partial charge on any atom is -0.365 e. The zero-order chi connectivity index (χ0) is 10.3. The number of aliphatic hydroxyl groups is 1. The predicted octanol–water partition coefficient (Wildman–Crippen LogP) is 3.24. The average Bonchev–Trinajstić information content (AvgIpc) is 2.14. The Balaban J connectivity index is 1.80. The molecule has 1 rings (SSSR count). The molecule has 1 saturated heterocycles. The molecule has 0 radical (unpaired) electrons. The zero-order valence-electron chi connectivity index (χ0n) is 9.43. The molecular formula is C12H24O2. The van der Waals surface area contributed by atoms with E-state index in [2.05, 4.69) is 6.92 Å². The van der Waals surface area contributed by atoms with Crippen molar-refractivity contribution in [1.29, 1.82) is 0 Å². The van der Waals surface area contributed by atoms with Crippen LogP contribution in [0.25, 0.3) is 0 Å². The van der Waals surface area contributed by atoms with E-state index in [9.17, 15) is 5.11 Å². The number of hydrogen-bond acceptors (Lipinski definition) is 2. The molecule has 84 valence electrons. The van der Waals surface area contributed by atoms with Gasteiger partial charge in [-0.05, 0) is 6.42 Å². The summed E-state index contributed by atoms with van der Waals surface area (Å²) in [4.78, 5) is 0. The summed E-state index contributed by atoms with van der Waals surface area (Å²) in [6, 6.07) is 0. The van der Waals surface area contributed by atoms with Gasteiger partial charge in [-0.3, -0.25) is 0 Å². The molecule has 0 aliphatic carbocycles. The van der Waals surface area contributed by atoms with Crippen LogP contribution in [-0.2, 0) is 4.74 Å². The van der Waals surface area contributed by atoms with Crippen molar-refractivity contribution in [3.63, 3.8) is 0 Å². The van der Waals surface area contributed by atoms with Crippen LogP contribution in [0, 0.1) is 0 Å². The predicted molar refractivity (Wildman–Crippen MR) is 58.1 cm³/mol. The molecule has 0 bridgehead atoms. The van der Waals surface area contributed by atoms with E-state index in [4.69, 9.17) is 4.74 Å². The monoisotopic (exact) mass is 200 g/mol. The van der Waals surface area contributed by atoms with E-state index in [0.717, 1.165) is 25.9 Å². The summed E-state index contributed by atoms with van der Waals surface area (Å²) in [6.07, 6.45) is 10.8. The van der Waals surface area contributed by atoms with Gasteiger partial charge in [0, 0.05) is 12.8 Å². The van der Waals surface area contributed by atoms with E-state index in [1.54, 1.807) is 0 Å². The third kappa shape index (κ3) is 4.43. The maximum absolute atomic E-state index is 9.63. The largest absolute Gasteiger partial charge is 0.365 e. The summed E-state index contributed by atoms with van der Waals surface area (Å²) in [6.45, 7) is 2.98. The maximum Gasteiger partial charge on any atom is 0.167 e. The van der Waals surface area contributed by atoms with Crippen LogP contribution in [0.5, 0.6) is 0 Å². The summed E-state index contributed by atoms with van der Waals surface area (Å²) in [5, 5.41) is 9.63. The molecule has 1 heterocycles. The van der Waals surface area contributed by atoms with Gasteiger partial charge < -0.3 is 9.84 Å². The molecule has 1 unspecified atom stereocenters. The van der Waals surface area contributed by atoms with E-state index in [1.165, 1.54) is 38.5 Å². The molecule has 1 N–H and O–H groups in total. The van der Waals surface area contributed by atoms with Crippen molar-refractivity contribution in [3.8, 4) is 0 Å². The van der Waals surface area contributed by atoms with Crippen LogP contribution in [0.4, 0.5) is 0 Å². The fraction of sp³-hybridized carbons (Fsp3) is 1.00. The Morgan fingerprint density at radius 1 is 1.07 bits per heavy atom. The first-order valence-electron chi connectivity index (χ1n) is 6.13. The first-order chi connectivity index (χ1) is 6.77. The molecule has 1 fully saturated rings. The fourth-order valence-corrected chi connectivity index (χ4v) is 1.89. The van der Waals surface area contributed by atoms with Crippen molar-refractivity contribution in [2.75, 3.05) is 6.61 Å². The fourth-order valence-electron chi connectivity index (χ4n) is 1.89. The van der Waals surface area contributed by atoms with E-state index in [0.29, 0.717) is 0 Å². The van der Waals surface area contributed by atoms with Crippen molar-refractivity contribution >= 4 is 0 Å². The second kappa shape index (κ2) is 6.41. The quantitative estimate of drug-likeness (QED) is 0.609. The van der Waals surface area contributed by atoms with E-state index in [1.807, 2.05) is 0 Å². The minimum atomic E-state index is -0.733. The highest BCUT2D eigenvalue weighted by atomic mass is 16.6. The Hall–Kier alpha value is -0.0800. The second-order valence-electron chi connectivity index (χ2n) is 4.42. The number of rotatable bonds is 8. The van der Waals surface area contributed by atoms with Gasteiger partial charge in [-0.25, -0.2) is 0 Å². The van der Waals surface area contributed by atoms with Crippen molar-refractivity contribution in [2.45, 2.75) is 70.5 Å². The Morgan fingerprint density at radius 2 is 1.64 bits per heavy atom. The van der Waals surface area contributed by atoms with E-state index < -0.39 is 5.79 Å². The van der Waals surface area contributed by atoms with Gasteiger partial charge in [0.1, 0.15) is 0 Å². The van der Waals surface area contributed by atoms with Crippen LogP contribution in [0.2, 0.25) is 0 Å². The Morgan fingerprint density at radius 3 is 2.14 bits per heavy atom. The summed E-state index contributed by atoms with van der Waals surface area (Å²) < 4.78 is 5.12. The maximum atomic E-state index is 9.63. The molecule has 0 saturated carbocycles. The molecular weight excluding hydrogens is 176 g/mol. The summed E-state index contributed by atoms with van der Waals surface area (Å²) in [5.41, 5.74) is 0. The molecule has 1 aliphatic heterocycles. The van der Waals surface area contributed by atoms with Gasteiger partial charge in [0.15, 0.2) is 5.79 Å². The van der Waals surface area contributed by atoms with Gasteiger partial charge in [-0.2, -0.15) is 0 Å². The molecule has 2 nitrogen and oxygen atoms in total. The molecule has 14 heavy (non-hydrogen) atoms. The highest BCUT2D eigenvalue weighted by Gasteiger charge is 2.34. The molecule has 0 aromatic carbocycles. The van der Waals surface area contributed by atoms with Gasteiger partial charge in [0.2, 0.25) is 0 Å². The summed E-state index contributed by atoms with van der Waals surface area (Å²) >= 11 is 0. The number of ether oxygens (including phenoxy) is 1. The lowest BCUT2D eigenvalue weighted by molar-refractivity contribution is -0.285. The lowest BCUT2D eigenvalue weighted by atomic mass is 10.00. The van der Waals surface area contributed by atoms with Crippen molar-refractivity contribution in [2.24, 2.45) is 0 Å². The van der Waals surface area contributed by atoms with Gasteiger partial charge >= 0.3 is 0 Å². The van der Waals surface area contributed by atoms with Crippen molar-refractivity contribution < 1.29 is 9.84 Å². The number of unbranched alkanes of at least 4 members (excludes halogenated alkanes) is 6. The molecule has 1 aliphatic rings. The Bertz CT molecular complexity index is 141. The average molecular weight is 200 g/mol. The highest BCUT2D eigenvalue weighted by molar-refractivity contribution is 4.74.